The van der Waals surface area contributed by atoms with Crippen LogP contribution in [-0.2, 0) is 20.2 Å². The highest BCUT2D eigenvalue weighted by atomic mass is 32.2. The second-order valence-corrected chi connectivity index (χ2v) is 10.4. The van der Waals surface area contributed by atoms with E-state index < -0.39 is 10.0 Å². The molecule has 1 N–H and O–H groups in total. The van der Waals surface area contributed by atoms with Crippen molar-refractivity contribution in [3.05, 3.63) is 53.6 Å². The first-order valence-electron chi connectivity index (χ1n) is 10.8. The Morgan fingerprint density at radius 3 is 2.50 bits per heavy atom. The number of ether oxygens (including phenoxy) is 3. The van der Waals surface area contributed by atoms with Crippen molar-refractivity contribution < 1.29 is 27.4 Å². The summed E-state index contributed by atoms with van der Waals surface area (Å²) < 4.78 is 42.2. The molecule has 0 aromatic heterocycles. The molecular weight excluding hydrogens is 432 g/mol. The summed E-state index contributed by atoms with van der Waals surface area (Å²) in [6.45, 7) is 2.43. The fraction of sp³-hybridized carbons (Fsp3) is 0.435. The fourth-order valence-corrected chi connectivity index (χ4v) is 6.18. The number of anilines is 1. The van der Waals surface area contributed by atoms with Gasteiger partial charge in [0.15, 0.2) is 11.5 Å². The largest absolute Gasteiger partial charge is 0.454 e. The Morgan fingerprint density at radius 1 is 1.03 bits per heavy atom. The van der Waals surface area contributed by atoms with Gasteiger partial charge in [-0.15, -0.1) is 0 Å². The second-order valence-electron chi connectivity index (χ2n) is 8.43. The first kappa shape index (κ1) is 21.1. The lowest BCUT2D eigenvalue weighted by Gasteiger charge is -2.38. The van der Waals surface area contributed by atoms with Crippen LogP contribution in [0.4, 0.5) is 5.69 Å². The Labute approximate surface area is 187 Å². The highest BCUT2D eigenvalue weighted by molar-refractivity contribution is 7.93. The number of sulfonamides is 1. The Bertz CT molecular complexity index is 1110. The van der Waals surface area contributed by atoms with Crippen LogP contribution in [0.2, 0.25) is 0 Å². The van der Waals surface area contributed by atoms with Gasteiger partial charge in [0, 0.05) is 37.3 Å². The maximum atomic E-state index is 12.9. The van der Waals surface area contributed by atoms with E-state index in [1.807, 2.05) is 18.2 Å². The Hall–Kier alpha value is -2.78. The Kier molecular flexibility index (Phi) is 5.46. The van der Waals surface area contributed by atoms with E-state index in [-0.39, 0.29) is 23.9 Å². The molecule has 32 heavy (non-hydrogen) atoms. The minimum atomic E-state index is -3.24. The molecule has 0 radical (unpaired) electrons. The first-order chi connectivity index (χ1) is 15.5. The van der Waals surface area contributed by atoms with Crippen molar-refractivity contribution in [3.63, 3.8) is 0 Å². The van der Waals surface area contributed by atoms with Crippen LogP contribution in [0.15, 0.2) is 42.5 Å². The van der Waals surface area contributed by atoms with Crippen molar-refractivity contribution in [3.8, 4) is 11.5 Å². The Balaban J connectivity index is 1.31. The lowest BCUT2D eigenvalue weighted by molar-refractivity contribution is 0.0486. The molecule has 0 unspecified atom stereocenters. The van der Waals surface area contributed by atoms with Crippen LogP contribution in [0.1, 0.15) is 35.2 Å². The van der Waals surface area contributed by atoms with Crippen molar-refractivity contribution in [2.24, 2.45) is 0 Å². The van der Waals surface area contributed by atoms with Crippen LogP contribution < -0.4 is 19.1 Å². The third kappa shape index (κ3) is 3.91. The fourth-order valence-electron chi connectivity index (χ4n) is 4.62. The van der Waals surface area contributed by atoms with E-state index >= 15 is 0 Å². The Morgan fingerprint density at radius 2 is 1.78 bits per heavy atom. The highest BCUT2D eigenvalue weighted by Gasteiger charge is 2.36. The van der Waals surface area contributed by atoms with E-state index in [1.165, 1.54) is 4.31 Å². The summed E-state index contributed by atoms with van der Waals surface area (Å²) >= 11 is 0. The normalized spacial score (nSPS) is 20.8. The quantitative estimate of drug-likeness (QED) is 0.740. The molecule has 0 saturated carbocycles. The number of carbonyl (C=O) groups is 1. The summed E-state index contributed by atoms with van der Waals surface area (Å²) in [7, 11) is -3.24. The molecule has 2 fully saturated rings. The molecule has 2 aromatic rings. The van der Waals surface area contributed by atoms with E-state index in [0.29, 0.717) is 44.0 Å². The van der Waals surface area contributed by atoms with Crippen molar-refractivity contribution in [1.29, 1.82) is 0 Å². The zero-order valence-electron chi connectivity index (χ0n) is 17.7. The minimum absolute atomic E-state index is 0.168. The molecule has 3 aliphatic rings. The summed E-state index contributed by atoms with van der Waals surface area (Å²) in [5.41, 5.74) is 1.94. The van der Waals surface area contributed by atoms with Crippen LogP contribution in [-0.4, -0.2) is 53.2 Å². The SMILES string of the molecule is O=C(NCC1(c2ccc3c(c2)OCO3)CCOCC1)c1ccc(N2CCCS2(=O)=O)cc1. The molecule has 5 rings (SSSR count). The van der Waals surface area contributed by atoms with Crippen molar-refractivity contribution in [2.75, 3.05) is 43.2 Å². The summed E-state index contributed by atoms with van der Waals surface area (Å²) in [4.78, 5) is 12.9. The summed E-state index contributed by atoms with van der Waals surface area (Å²) in [5.74, 6) is 1.45. The number of carbonyl (C=O) groups excluding carboxylic acids is 1. The zero-order chi connectivity index (χ0) is 22.2. The first-order valence-corrected chi connectivity index (χ1v) is 12.4. The molecule has 0 atom stereocenters. The van der Waals surface area contributed by atoms with Crippen LogP contribution in [0, 0.1) is 0 Å². The number of rotatable bonds is 5. The van der Waals surface area contributed by atoms with Crippen LogP contribution in [0.5, 0.6) is 11.5 Å². The molecule has 3 aliphatic heterocycles. The average molecular weight is 459 g/mol. The van der Waals surface area contributed by atoms with Gasteiger partial charge in [0.1, 0.15) is 0 Å². The van der Waals surface area contributed by atoms with Crippen LogP contribution >= 0.6 is 0 Å². The van der Waals surface area contributed by atoms with Crippen molar-refractivity contribution in [1.82, 2.24) is 5.32 Å². The van der Waals surface area contributed by atoms with E-state index in [1.54, 1.807) is 24.3 Å². The molecule has 170 valence electrons. The molecule has 2 aromatic carbocycles. The maximum Gasteiger partial charge on any atom is 0.251 e. The lowest BCUT2D eigenvalue weighted by Crippen LogP contribution is -2.44. The monoisotopic (exact) mass is 458 g/mol. The van der Waals surface area contributed by atoms with Gasteiger partial charge in [-0.25, -0.2) is 8.42 Å². The summed E-state index contributed by atoms with van der Waals surface area (Å²) in [6.07, 6.45) is 2.20. The minimum Gasteiger partial charge on any atom is -0.454 e. The number of amides is 1. The molecule has 3 heterocycles. The van der Waals surface area contributed by atoms with Crippen molar-refractivity contribution in [2.45, 2.75) is 24.7 Å². The third-order valence-corrected chi connectivity index (χ3v) is 8.41. The smallest absolute Gasteiger partial charge is 0.251 e. The second kappa shape index (κ2) is 8.29. The van der Waals surface area contributed by atoms with Gasteiger partial charge >= 0.3 is 0 Å². The predicted molar refractivity (Wildman–Crippen MR) is 119 cm³/mol. The van der Waals surface area contributed by atoms with Gasteiger partial charge in [0.05, 0.1) is 11.4 Å². The zero-order valence-corrected chi connectivity index (χ0v) is 18.5. The van der Waals surface area contributed by atoms with Gasteiger partial charge in [-0.2, -0.15) is 0 Å². The van der Waals surface area contributed by atoms with Gasteiger partial charge in [-0.05, 0) is 61.2 Å². The molecule has 0 spiro atoms. The highest BCUT2D eigenvalue weighted by Crippen LogP contribution is 2.40. The van der Waals surface area contributed by atoms with Crippen LogP contribution in [0.3, 0.4) is 0 Å². The number of hydrogen-bond donors (Lipinski definition) is 1. The number of fused-ring (bicyclic) bond motifs is 1. The van der Waals surface area contributed by atoms with E-state index in [2.05, 4.69) is 5.32 Å². The lowest BCUT2D eigenvalue weighted by atomic mass is 9.74. The van der Waals surface area contributed by atoms with Gasteiger partial charge < -0.3 is 19.5 Å². The molecule has 0 bridgehead atoms. The van der Waals surface area contributed by atoms with Crippen molar-refractivity contribution >= 4 is 21.6 Å². The summed E-state index contributed by atoms with van der Waals surface area (Å²) in [6, 6.07) is 12.7. The van der Waals surface area contributed by atoms with Gasteiger partial charge in [-0.3, -0.25) is 9.10 Å². The third-order valence-electron chi connectivity index (χ3n) is 6.54. The number of hydrogen-bond acceptors (Lipinski definition) is 6. The standard InChI is InChI=1S/C23H26N2O6S/c26-22(17-2-5-19(6-3-17)25-10-1-13-32(25,27)28)24-15-23(8-11-29-12-9-23)18-4-7-20-21(14-18)31-16-30-20/h2-7,14H,1,8-13,15-16H2,(H,24,26). The maximum absolute atomic E-state index is 12.9. The van der Waals surface area contributed by atoms with Gasteiger partial charge in [0.25, 0.3) is 5.91 Å². The van der Waals surface area contributed by atoms with E-state index in [0.717, 1.165) is 29.9 Å². The van der Waals surface area contributed by atoms with Crippen LogP contribution in [0.25, 0.3) is 0 Å². The molecule has 0 aliphatic carbocycles. The number of nitrogens with one attached hydrogen (secondary N) is 1. The number of benzene rings is 2. The molecular formula is C23H26N2O6S. The average Bonchev–Trinajstić information content (AvgIpc) is 3.43. The van der Waals surface area contributed by atoms with E-state index in [4.69, 9.17) is 14.2 Å². The molecule has 9 heteroatoms. The molecule has 8 nitrogen and oxygen atoms in total. The van der Waals surface area contributed by atoms with E-state index in [9.17, 15) is 13.2 Å². The predicted octanol–water partition coefficient (Wildman–Crippen LogP) is 2.43. The van der Waals surface area contributed by atoms with Gasteiger partial charge in [0.2, 0.25) is 16.8 Å². The van der Waals surface area contributed by atoms with Gasteiger partial charge in [-0.1, -0.05) is 6.07 Å². The summed E-state index contributed by atoms with van der Waals surface area (Å²) in [5, 5.41) is 3.08. The molecule has 2 saturated heterocycles. The topological polar surface area (TPSA) is 94.2 Å². The number of nitrogens with zero attached hydrogens (tertiary/aromatic N) is 1. The molecule has 1 amide bonds.